The number of amides is 2. The van der Waals surface area contributed by atoms with Crippen molar-refractivity contribution in [3.63, 3.8) is 0 Å². The number of likely N-dealkylation sites (tertiary alicyclic amines) is 1. The summed E-state index contributed by atoms with van der Waals surface area (Å²) in [7, 11) is 3.99. The topological polar surface area (TPSA) is 90.9 Å². The van der Waals surface area contributed by atoms with E-state index in [1.54, 1.807) is 18.3 Å². The first-order valence-electron chi connectivity index (χ1n) is 12.6. The Bertz CT molecular complexity index is 1060. The zero-order valence-corrected chi connectivity index (χ0v) is 21.4. The van der Waals surface area contributed by atoms with Crippen LogP contribution < -0.4 is 10.2 Å². The lowest BCUT2D eigenvalue weighted by molar-refractivity contribution is -0.127. The second-order valence-electron chi connectivity index (χ2n) is 9.75. The van der Waals surface area contributed by atoms with Crippen LogP contribution in [0.4, 0.5) is 16.6 Å². The second kappa shape index (κ2) is 12.0. The van der Waals surface area contributed by atoms with Crippen molar-refractivity contribution in [2.75, 3.05) is 57.1 Å². The summed E-state index contributed by atoms with van der Waals surface area (Å²) in [4.78, 5) is 38.5. The highest BCUT2D eigenvalue weighted by Crippen LogP contribution is 2.24. The van der Waals surface area contributed by atoms with Crippen LogP contribution >= 0.6 is 0 Å². The smallest absolute Gasteiger partial charge is 0.415 e. The number of hydrogen-bond donors (Lipinski definition) is 1. The van der Waals surface area contributed by atoms with Crippen LogP contribution in [-0.4, -0.2) is 78.6 Å². The van der Waals surface area contributed by atoms with Crippen molar-refractivity contribution in [3.05, 3.63) is 59.8 Å². The Labute approximate surface area is 213 Å². The molecule has 0 saturated carbocycles. The number of carbonyl (C=O) groups excluding carboxylic acids is 2. The van der Waals surface area contributed by atoms with Crippen LogP contribution in [-0.2, 0) is 16.0 Å². The lowest BCUT2D eigenvalue weighted by Gasteiger charge is -2.31. The van der Waals surface area contributed by atoms with Crippen molar-refractivity contribution in [1.29, 1.82) is 0 Å². The molecule has 1 atom stereocenters. The SMILES string of the molecule is C[C@H](Nc1nccc(N2CCOC2=O)n1)c1ccc(CC2CCN(C(=O)/C=C/CN(C)C)CC2)cc1. The molecule has 3 heterocycles. The molecule has 9 nitrogen and oxygen atoms in total. The minimum Gasteiger partial charge on any atom is -0.447 e. The van der Waals surface area contributed by atoms with E-state index in [2.05, 4.69) is 46.5 Å². The van der Waals surface area contributed by atoms with Crippen molar-refractivity contribution >= 4 is 23.8 Å². The van der Waals surface area contributed by atoms with E-state index in [1.165, 1.54) is 10.5 Å². The maximum atomic E-state index is 12.4. The molecule has 0 spiro atoms. The molecule has 2 aliphatic heterocycles. The summed E-state index contributed by atoms with van der Waals surface area (Å²) in [5, 5.41) is 3.33. The number of nitrogens with one attached hydrogen (secondary N) is 1. The van der Waals surface area contributed by atoms with Gasteiger partial charge in [-0.15, -0.1) is 0 Å². The quantitative estimate of drug-likeness (QED) is 0.536. The number of rotatable bonds is 9. The lowest BCUT2D eigenvalue weighted by Crippen LogP contribution is -2.38. The van der Waals surface area contributed by atoms with Gasteiger partial charge in [-0.1, -0.05) is 30.3 Å². The standard InChI is InChI=1S/C27H36N6O3/c1-20(29-26-28-13-10-24(30-26)33-17-18-36-27(33)35)23-8-6-21(7-9-23)19-22-11-15-32(16-12-22)25(34)5-4-14-31(2)3/h4-10,13,20,22H,11-12,14-19H2,1-3H3,(H,28,29,30)/b5-4+/t20-/m0/s1. The third-order valence-corrected chi connectivity index (χ3v) is 6.69. The molecular weight excluding hydrogens is 456 g/mol. The zero-order chi connectivity index (χ0) is 25.5. The van der Waals surface area contributed by atoms with Crippen LogP contribution in [0.1, 0.15) is 36.9 Å². The molecule has 1 aromatic heterocycles. The maximum absolute atomic E-state index is 12.4. The fourth-order valence-electron chi connectivity index (χ4n) is 4.55. The number of piperidine rings is 1. The third-order valence-electron chi connectivity index (χ3n) is 6.69. The highest BCUT2D eigenvalue weighted by molar-refractivity contribution is 5.88. The number of anilines is 2. The number of ether oxygens (including phenoxy) is 1. The van der Waals surface area contributed by atoms with E-state index in [1.807, 2.05) is 30.0 Å². The monoisotopic (exact) mass is 492 g/mol. The summed E-state index contributed by atoms with van der Waals surface area (Å²) in [5.41, 5.74) is 2.45. The van der Waals surface area contributed by atoms with Gasteiger partial charge in [-0.05, 0) is 63.4 Å². The number of hydrogen-bond acceptors (Lipinski definition) is 7. The molecule has 2 aliphatic rings. The third kappa shape index (κ3) is 6.81. The zero-order valence-electron chi connectivity index (χ0n) is 21.4. The Morgan fingerprint density at radius 1 is 1.19 bits per heavy atom. The fourth-order valence-corrected chi connectivity index (χ4v) is 4.55. The van der Waals surface area contributed by atoms with E-state index < -0.39 is 0 Å². The van der Waals surface area contributed by atoms with E-state index in [4.69, 9.17) is 4.74 Å². The number of likely N-dealkylation sites (N-methyl/N-ethyl adjacent to an activating group) is 1. The summed E-state index contributed by atoms with van der Waals surface area (Å²) in [5.74, 6) is 1.72. The molecule has 36 heavy (non-hydrogen) atoms. The Kier molecular flexibility index (Phi) is 8.53. The van der Waals surface area contributed by atoms with Crippen LogP contribution in [0.15, 0.2) is 48.7 Å². The van der Waals surface area contributed by atoms with Crippen molar-refractivity contribution in [3.8, 4) is 0 Å². The average molecular weight is 493 g/mol. The van der Waals surface area contributed by atoms with Crippen LogP contribution in [0.2, 0.25) is 0 Å². The molecule has 0 radical (unpaired) electrons. The van der Waals surface area contributed by atoms with Gasteiger partial charge in [-0.3, -0.25) is 9.69 Å². The molecule has 9 heteroatoms. The first-order valence-corrected chi connectivity index (χ1v) is 12.6. The van der Waals surface area contributed by atoms with Gasteiger partial charge in [0.25, 0.3) is 0 Å². The number of nitrogens with zero attached hydrogens (tertiary/aromatic N) is 5. The molecule has 1 N–H and O–H groups in total. The minimum atomic E-state index is -0.377. The average Bonchev–Trinajstić information content (AvgIpc) is 3.30. The van der Waals surface area contributed by atoms with E-state index in [0.29, 0.717) is 30.8 Å². The van der Waals surface area contributed by atoms with Crippen LogP contribution in [0.3, 0.4) is 0 Å². The molecule has 0 unspecified atom stereocenters. The van der Waals surface area contributed by atoms with Crippen LogP contribution in [0.25, 0.3) is 0 Å². The van der Waals surface area contributed by atoms with Crippen LogP contribution in [0.5, 0.6) is 0 Å². The summed E-state index contributed by atoms with van der Waals surface area (Å²) in [6.07, 6.45) is 7.99. The van der Waals surface area contributed by atoms with Crippen molar-refractivity contribution in [2.24, 2.45) is 5.92 Å². The molecule has 4 rings (SSSR count). The number of carbonyl (C=O) groups is 2. The summed E-state index contributed by atoms with van der Waals surface area (Å²) < 4.78 is 5.00. The van der Waals surface area contributed by atoms with Gasteiger partial charge in [0.2, 0.25) is 11.9 Å². The highest BCUT2D eigenvalue weighted by atomic mass is 16.6. The van der Waals surface area contributed by atoms with Crippen molar-refractivity contribution in [2.45, 2.75) is 32.2 Å². The van der Waals surface area contributed by atoms with Gasteiger partial charge in [0.05, 0.1) is 12.6 Å². The predicted octanol–water partition coefficient (Wildman–Crippen LogP) is 3.51. The molecule has 2 fully saturated rings. The van der Waals surface area contributed by atoms with E-state index in [0.717, 1.165) is 44.5 Å². The second-order valence-corrected chi connectivity index (χ2v) is 9.75. The first kappa shape index (κ1) is 25.6. The summed E-state index contributed by atoms with van der Waals surface area (Å²) in [6.45, 7) is 5.36. The summed E-state index contributed by atoms with van der Waals surface area (Å²) in [6, 6.07) is 10.4. The van der Waals surface area contributed by atoms with Gasteiger partial charge in [0, 0.05) is 31.9 Å². The predicted molar refractivity (Wildman–Crippen MR) is 140 cm³/mol. The molecular formula is C27H36N6O3. The van der Waals surface area contributed by atoms with E-state index in [9.17, 15) is 9.59 Å². The number of cyclic esters (lactones) is 1. The van der Waals surface area contributed by atoms with Crippen molar-refractivity contribution < 1.29 is 14.3 Å². The normalized spacial score (nSPS) is 17.6. The van der Waals surface area contributed by atoms with Gasteiger partial charge in [0.15, 0.2) is 0 Å². The molecule has 2 aromatic rings. The largest absolute Gasteiger partial charge is 0.447 e. The number of benzene rings is 1. The highest BCUT2D eigenvalue weighted by Gasteiger charge is 2.25. The first-order chi connectivity index (χ1) is 17.4. The molecule has 2 amide bonds. The Morgan fingerprint density at radius 2 is 1.94 bits per heavy atom. The van der Waals surface area contributed by atoms with E-state index in [-0.39, 0.29) is 18.0 Å². The molecule has 192 valence electrons. The molecule has 0 aliphatic carbocycles. The van der Waals surface area contributed by atoms with Gasteiger partial charge >= 0.3 is 6.09 Å². The molecule has 2 saturated heterocycles. The molecule has 0 bridgehead atoms. The van der Waals surface area contributed by atoms with Gasteiger partial charge < -0.3 is 19.9 Å². The fraction of sp³-hybridized carbons (Fsp3) is 0.481. The Balaban J connectivity index is 1.26. The lowest BCUT2D eigenvalue weighted by atomic mass is 9.89. The van der Waals surface area contributed by atoms with Crippen molar-refractivity contribution in [1.82, 2.24) is 19.8 Å². The minimum absolute atomic E-state index is 0.00892. The van der Waals surface area contributed by atoms with Gasteiger partial charge in [0.1, 0.15) is 12.4 Å². The van der Waals surface area contributed by atoms with Gasteiger partial charge in [-0.2, -0.15) is 4.98 Å². The van der Waals surface area contributed by atoms with Gasteiger partial charge in [-0.25, -0.2) is 9.78 Å². The Morgan fingerprint density at radius 3 is 2.61 bits per heavy atom. The maximum Gasteiger partial charge on any atom is 0.415 e. The van der Waals surface area contributed by atoms with E-state index >= 15 is 0 Å². The molecule has 1 aromatic carbocycles. The van der Waals surface area contributed by atoms with Crippen LogP contribution in [0, 0.1) is 5.92 Å². The summed E-state index contributed by atoms with van der Waals surface area (Å²) >= 11 is 0. The Hall–Kier alpha value is -3.46. The number of aromatic nitrogens is 2.